The second-order valence-electron chi connectivity index (χ2n) is 4.42. The molecule has 104 valence electrons. The number of halogens is 1. The van der Waals surface area contributed by atoms with Crippen LogP contribution in [0.15, 0.2) is 18.2 Å². The largest absolute Gasteiger partial charge is 0.389 e. The van der Waals surface area contributed by atoms with Gasteiger partial charge < -0.3 is 11.1 Å². The van der Waals surface area contributed by atoms with Crippen LogP contribution in [-0.4, -0.2) is 10.9 Å². The van der Waals surface area contributed by atoms with Crippen LogP contribution in [0.25, 0.3) is 0 Å². The predicted molar refractivity (Wildman–Crippen MR) is 79.7 cm³/mol. The van der Waals surface area contributed by atoms with Crippen LogP contribution in [0.5, 0.6) is 0 Å². The van der Waals surface area contributed by atoms with E-state index < -0.39 is 5.82 Å². The minimum Gasteiger partial charge on any atom is -0.389 e. The first-order valence-corrected chi connectivity index (χ1v) is 6.84. The van der Waals surface area contributed by atoms with Gasteiger partial charge in [0.2, 0.25) is 5.91 Å². The Labute approximate surface area is 118 Å². The molecule has 0 aliphatic carbocycles. The van der Waals surface area contributed by atoms with Crippen LogP contribution in [0, 0.1) is 5.82 Å². The van der Waals surface area contributed by atoms with Crippen molar-refractivity contribution in [3.63, 3.8) is 0 Å². The fourth-order valence-corrected chi connectivity index (χ4v) is 1.82. The summed E-state index contributed by atoms with van der Waals surface area (Å²) in [5, 5.41) is 2.56. The van der Waals surface area contributed by atoms with E-state index in [2.05, 4.69) is 12.2 Å². The molecule has 1 aromatic carbocycles. The Morgan fingerprint density at radius 2 is 2.11 bits per heavy atom. The highest BCUT2D eigenvalue weighted by molar-refractivity contribution is 7.80. The summed E-state index contributed by atoms with van der Waals surface area (Å²) in [5.74, 6) is -0.690. The molecule has 0 radical (unpaired) electrons. The number of hydrogen-bond donors (Lipinski definition) is 2. The van der Waals surface area contributed by atoms with Gasteiger partial charge in [0.25, 0.3) is 0 Å². The molecule has 19 heavy (non-hydrogen) atoms. The fraction of sp³-hybridized carbons (Fsp3) is 0.429. The number of thiocarbonyl (C=S) groups is 1. The molecule has 5 heteroatoms. The first-order chi connectivity index (χ1) is 9.04. The van der Waals surface area contributed by atoms with Crippen molar-refractivity contribution in [1.29, 1.82) is 0 Å². The molecule has 0 spiro atoms. The van der Waals surface area contributed by atoms with Gasteiger partial charge in [0.05, 0.1) is 5.69 Å². The summed E-state index contributed by atoms with van der Waals surface area (Å²) < 4.78 is 13.7. The van der Waals surface area contributed by atoms with E-state index in [0.717, 1.165) is 25.7 Å². The van der Waals surface area contributed by atoms with Gasteiger partial charge in [-0.1, -0.05) is 38.4 Å². The van der Waals surface area contributed by atoms with Gasteiger partial charge in [-0.05, 0) is 24.6 Å². The van der Waals surface area contributed by atoms with Crippen molar-refractivity contribution in [2.75, 3.05) is 5.32 Å². The lowest BCUT2D eigenvalue weighted by Crippen LogP contribution is -2.14. The molecule has 0 aliphatic rings. The molecule has 0 unspecified atom stereocenters. The maximum Gasteiger partial charge on any atom is 0.224 e. The molecule has 1 rings (SSSR count). The zero-order valence-corrected chi connectivity index (χ0v) is 11.9. The van der Waals surface area contributed by atoms with Crippen molar-refractivity contribution in [3.05, 3.63) is 29.6 Å². The summed E-state index contributed by atoms with van der Waals surface area (Å²) in [7, 11) is 0. The van der Waals surface area contributed by atoms with E-state index in [-0.39, 0.29) is 16.6 Å². The van der Waals surface area contributed by atoms with E-state index in [0.29, 0.717) is 12.0 Å². The number of unbranched alkanes of at least 4 members (excludes halogenated alkanes) is 3. The minimum atomic E-state index is -0.521. The number of nitrogens with two attached hydrogens (primary N) is 1. The van der Waals surface area contributed by atoms with Crippen LogP contribution in [0.3, 0.4) is 0 Å². The molecule has 0 heterocycles. The lowest BCUT2D eigenvalue weighted by molar-refractivity contribution is -0.116. The Bertz CT molecular complexity index is 463. The number of anilines is 1. The summed E-state index contributed by atoms with van der Waals surface area (Å²) in [6.45, 7) is 2.11. The molecule has 0 fully saturated rings. The minimum absolute atomic E-state index is 0.136. The Hall–Kier alpha value is -1.49. The van der Waals surface area contributed by atoms with E-state index in [1.54, 1.807) is 6.07 Å². The van der Waals surface area contributed by atoms with Crippen molar-refractivity contribution in [3.8, 4) is 0 Å². The molecule has 1 amide bonds. The first kappa shape index (κ1) is 15.6. The van der Waals surface area contributed by atoms with Gasteiger partial charge in [-0.15, -0.1) is 0 Å². The van der Waals surface area contributed by atoms with E-state index in [1.165, 1.54) is 12.1 Å². The fourth-order valence-electron chi connectivity index (χ4n) is 1.69. The third-order valence-electron chi connectivity index (χ3n) is 2.79. The maximum absolute atomic E-state index is 13.7. The highest BCUT2D eigenvalue weighted by atomic mass is 32.1. The molecule has 0 aliphatic heterocycles. The Morgan fingerprint density at radius 1 is 1.37 bits per heavy atom. The summed E-state index contributed by atoms with van der Waals surface area (Å²) in [6, 6.07) is 4.31. The monoisotopic (exact) mass is 282 g/mol. The van der Waals surface area contributed by atoms with E-state index in [9.17, 15) is 9.18 Å². The van der Waals surface area contributed by atoms with Gasteiger partial charge in [-0.25, -0.2) is 4.39 Å². The SMILES string of the molecule is CCCCCCC(=O)Nc1ccc(C(N)=S)cc1F. The molecule has 0 saturated carbocycles. The molecular formula is C14H19FN2OS. The van der Waals surface area contributed by atoms with Gasteiger partial charge in [0.15, 0.2) is 0 Å². The van der Waals surface area contributed by atoms with Gasteiger partial charge in [-0.3, -0.25) is 4.79 Å². The molecule has 3 N–H and O–H groups in total. The Kier molecular flexibility index (Phi) is 6.42. The van der Waals surface area contributed by atoms with Crippen molar-refractivity contribution < 1.29 is 9.18 Å². The molecule has 0 saturated heterocycles. The maximum atomic E-state index is 13.7. The van der Waals surface area contributed by atoms with Crippen LogP contribution in [0.1, 0.15) is 44.6 Å². The third-order valence-corrected chi connectivity index (χ3v) is 3.02. The lowest BCUT2D eigenvalue weighted by Gasteiger charge is -2.07. The number of amides is 1. The first-order valence-electron chi connectivity index (χ1n) is 6.43. The number of rotatable bonds is 7. The van der Waals surface area contributed by atoms with Crippen molar-refractivity contribution in [2.45, 2.75) is 39.0 Å². The topological polar surface area (TPSA) is 55.1 Å². The van der Waals surface area contributed by atoms with E-state index in [4.69, 9.17) is 18.0 Å². The number of carbonyl (C=O) groups is 1. The standard InChI is InChI=1S/C14H19FN2OS/c1-2-3-4-5-6-13(18)17-12-8-7-10(14(16)19)9-11(12)15/h7-9H,2-6H2,1H3,(H2,16,19)(H,17,18). The highest BCUT2D eigenvalue weighted by Gasteiger charge is 2.08. The zero-order chi connectivity index (χ0) is 14.3. The average molecular weight is 282 g/mol. The zero-order valence-electron chi connectivity index (χ0n) is 11.0. The summed E-state index contributed by atoms with van der Waals surface area (Å²) in [6.07, 6.45) is 4.50. The molecule has 3 nitrogen and oxygen atoms in total. The van der Waals surface area contributed by atoms with Gasteiger partial charge in [-0.2, -0.15) is 0 Å². The second-order valence-corrected chi connectivity index (χ2v) is 4.86. The Morgan fingerprint density at radius 3 is 2.68 bits per heavy atom. The average Bonchev–Trinajstić information content (AvgIpc) is 2.37. The number of benzene rings is 1. The van der Waals surface area contributed by atoms with Crippen LogP contribution >= 0.6 is 12.2 Å². The molecule has 0 bridgehead atoms. The van der Waals surface area contributed by atoms with Crippen molar-refractivity contribution in [2.24, 2.45) is 5.73 Å². The van der Waals surface area contributed by atoms with Gasteiger partial charge in [0, 0.05) is 12.0 Å². The second kappa shape index (κ2) is 7.84. The number of hydrogen-bond acceptors (Lipinski definition) is 2. The van der Waals surface area contributed by atoms with E-state index in [1.807, 2.05) is 0 Å². The van der Waals surface area contributed by atoms with E-state index >= 15 is 0 Å². The normalized spacial score (nSPS) is 10.2. The van der Waals surface area contributed by atoms with Crippen molar-refractivity contribution >= 4 is 28.8 Å². The van der Waals surface area contributed by atoms with Crippen LogP contribution < -0.4 is 11.1 Å². The summed E-state index contributed by atoms with van der Waals surface area (Å²) in [5.41, 5.74) is 6.02. The molecule has 1 aromatic rings. The quantitative estimate of drug-likeness (QED) is 0.595. The Balaban J connectivity index is 2.52. The van der Waals surface area contributed by atoms with Gasteiger partial charge in [0.1, 0.15) is 10.8 Å². The van der Waals surface area contributed by atoms with Crippen LogP contribution in [0.2, 0.25) is 0 Å². The van der Waals surface area contributed by atoms with Crippen LogP contribution in [-0.2, 0) is 4.79 Å². The summed E-state index contributed by atoms with van der Waals surface area (Å²) >= 11 is 4.76. The lowest BCUT2D eigenvalue weighted by atomic mass is 10.1. The predicted octanol–water partition coefficient (Wildman–Crippen LogP) is 3.37. The molecular weight excluding hydrogens is 263 g/mol. The smallest absolute Gasteiger partial charge is 0.224 e. The molecule has 0 atom stereocenters. The highest BCUT2D eigenvalue weighted by Crippen LogP contribution is 2.16. The molecule has 0 aromatic heterocycles. The summed E-state index contributed by atoms with van der Waals surface area (Å²) in [4.78, 5) is 11.8. The third kappa shape index (κ3) is 5.34. The van der Waals surface area contributed by atoms with Crippen molar-refractivity contribution in [1.82, 2.24) is 0 Å². The number of carbonyl (C=O) groups excluding carboxylic acids is 1. The van der Waals surface area contributed by atoms with Crippen LogP contribution in [0.4, 0.5) is 10.1 Å². The number of nitrogens with one attached hydrogen (secondary N) is 1. The van der Waals surface area contributed by atoms with Gasteiger partial charge >= 0.3 is 0 Å².